The van der Waals surface area contributed by atoms with E-state index in [1.54, 1.807) is 17.4 Å². The molecule has 5 heteroatoms. The van der Waals surface area contributed by atoms with Gasteiger partial charge >= 0.3 is 0 Å². The fourth-order valence-electron chi connectivity index (χ4n) is 2.39. The number of amides is 1. The van der Waals surface area contributed by atoms with Crippen LogP contribution in [0, 0.1) is 0 Å². The molecule has 0 fully saturated rings. The minimum absolute atomic E-state index is 0.0317. The molecule has 0 saturated carbocycles. The highest BCUT2D eigenvalue weighted by molar-refractivity contribution is 7.09. The van der Waals surface area contributed by atoms with Crippen LogP contribution in [0.25, 0.3) is 0 Å². The Labute approximate surface area is 126 Å². The molecular formula is C16H15NO3S. The molecule has 0 atom stereocenters. The molecule has 0 bridgehead atoms. The standard InChI is InChI=1S/C16H15NO3S/c18-14-7-6-13-12(14)4-1-5-15(13)20-10-16(19)17-9-11-3-2-8-21-11/h1-5,8H,6-7,9-10H2,(H,17,19). The number of thiophene rings is 1. The van der Waals surface area contributed by atoms with Crippen LogP contribution in [0.1, 0.15) is 27.2 Å². The number of nitrogens with one attached hydrogen (secondary N) is 1. The van der Waals surface area contributed by atoms with E-state index in [1.807, 2.05) is 29.6 Å². The maximum absolute atomic E-state index is 11.8. The summed E-state index contributed by atoms with van der Waals surface area (Å²) in [5.74, 6) is 0.632. The van der Waals surface area contributed by atoms with Gasteiger partial charge in [0.15, 0.2) is 12.4 Å². The summed E-state index contributed by atoms with van der Waals surface area (Å²) >= 11 is 1.60. The largest absolute Gasteiger partial charge is 0.483 e. The Hall–Kier alpha value is -2.14. The number of fused-ring (bicyclic) bond motifs is 1. The maximum atomic E-state index is 11.8. The van der Waals surface area contributed by atoms with Crippen LogP contribution < -0.4 is 10.1 Å². The molecule has 1 N–H and O–H groups in total. The SMILES string of the molecule is O=C(COc1cccc2c1CCC2=O)NCc1cccs1. The van der Waals surface area contributed by atoms with Crippen LogP contribution in [-0.4, -0.2) is 18.3 Å². The summed E-state index contributed by atoms with van der Waals surface area (Å²) in [7, 11) is 0. The van der Waals surface area contributed by atoms with Gasteiger partial charge in [-0.25, -0.2) is 0 Å². The van der Waals surface area contributed by atoms with E-state index in [9.17, 15) is 9.59 Å². The molecule has 108 valence electrons. The van der Waals surface area contributed by atoms with Crippen molar-refractivity contribution in [3.05, 3.63) is 51.7 Å². The normalized spacial score (nSPS) is 13.0. The lowest BCUT2D eigenvalue weighted by Gasteiger charge is -2.10. The maximum Gasteiger partial charge on any atom is 0.258 e. The van der Waals surface area contributed by atoms with Gasteiger partial charge < -0.3 is 10.1 Å². The van der Waals surface area contributed by atoms with E-state index < -0.39 is 0 Å². The summed E-state index contributed by atoms with van der Waals surface area (Å²) in [5, 5.41) is 4.79. The van der Waals surface area contributed by atoms with Crippen LogP contribution in [0.4, 0.5) is 0 Å². The zero-order valence-electron chi connectivity index (χ0n) is 11.4. The van der Waals surface area contributed by atoms with Crippen molar-refractivity contribution in [2.75, 3.05) is 6.61 Å². The molecule has 0 saturated heterocycles. The highest BCUT2D eigenvalue weighted by atomic mass is 32.1. The van der Waals surface area contributed by atoms with E-state index in [-0.39, 0.29) is 18.3 Å². The number of ether oxygens (including phenoxy) is 1. The van der Waals surface area contributed by atoms with Gasteiger partial charge in [0.05, 0.1) is 6.54 Å². The summed E-state index contributed by atoms with van der Waals surface area (Å²) in [6.45, 7) is 0.487. The van der Waals surface area contributed by atoms with Crippen molar-refractivity contribution < 1.29 is 14.3 Å². The zero-order chi connectivity index (χ0) is 14.7. The van der Waals surface area contributed by atoms with Gasteiger partial charge in [-0.15, -0.1) is 11.3 Å². The van der Waals surface area contributed by atoms with Crippen molar-refractivity contribution in [1.29, 1.82) is 0 Å². The summed E-state index contributed by atoms with van der Waals surface area (Å²) in [6, 6.07) is 9.34. The first-order valence-corrected chi connectivity index (χ1v) is 7.69. The molecule has 21 heavy (non-hydrogen) atoms. The monoisotopic (exact) mass is 301 g/mol. The second-order valence-electron chi connectivity index (χ2n) is 4.85. The molecule has 1 aromatic heterocycles. The van der Waals surface area contributed by atoms with Crippen LogP contribution in [0.2, 0.25) is 0 Å². The predicted octanol–water partition coefficient (Wildman–Crippen LogP) is 2.57. The van der Waals surface area contributed by atoms with Gasteiger partial charge in [0.25, 0.3) is 5.91 Å². The lowest BCUT2D eigenvalue weighted by atomic mass is 10.1. The first kappa shape index (κ1) is 13.8. The van der Waals surface area contributed by atoms with Crippen LogP contribution in [0.15, 0.2) is 35.7 Å². The second kappa shape index (κ2) is 6.10. The smallest absolute Gasteiger partial charge is 0.258 e. The van der Waals surface area contributed by atoms with Crippen molar-refractivity contribution in [3.63, 3.8) is 0 Å². The molecule has 1 aromatic carbocycles. The van der Waals surface area contributed by atoms with Gasteiger partial charge in [0.1, 0.15) is 5.75 Å². The number of benzene rings is 1. The Morgan fingerprint density at radius 2 is 2.14 bits per heavy atom. The van der Waals surface area contributed by atoms with E-state index in [0.29, 0.717) is 25.1 Å². The summed E-state index contributed by atoms with van der Waals surface area (Å²) < 4.78 is 5.57. The van der Waals surface area contributed by atoms with Gasteiger partial charge in [-0.05, 0) is 23.9 Å². The van der Waals surface area contributed by atoms with Gasteiger partial charge in [-0.2, -0.15) is 0 Å². The van der Waals surface area contributed by atoms with E-state index in [0.717, 1.165) is 16.0 Å². The fourth-order valence-corrected chi connectivity index (χ4v) is 3.03. The molecule has 2 aromatic rings. The number of hydrogen-bond acceptors (Lipinski definition) is 4. The lowest BCUT2D eigenvalue weighted by Crippen LogP contribution is -2.28. The van der Waals surface area contributed by atoms with Crippen LogP contribution in [0.5, 0.6) is 5.75 Å². The molecule has 3 rings (SSSR count). The quantitative estimate of drug-likeness (QED) is 0.923. The van der Waals surface area contributed by atoms with Gasteiger partial charge in [-0.1, -0.05) is 18.2 Å². The summed E-state index contributed by atoms with van der Waals surface area (Å²) in [4.78, 5) is 24.5. The number of carbonyl (C=O) groups is 2. The Balaban J connectivity index is 1.56. The third-order valence-corrected chi connectivity index (χ3v) is 4.31. The van der Waals surface area contributed by atoms with E-state index >= 15 is 0 Å². The summed E-state index contributed by atoms with van der Waals surface area (Å²) in [6.07, 6.45) is 1.22. The molecular weight excluding hydrogens is 286 g/mol. The number of Topliss-reactive ketones (excluding diaryl/α,β-unsaturated/α-hetero) is 1. The first-order valence-electron chi connectivity index (χ1n) is 6.81. The van der Waals surface area contributed by atoms with E-state index in [2.05, 4.69) is 5.32 Å². The topological polar surface area (TPSA) is 55.4 Å². The van der Waals surface area contributed by atoms with Crippen molar-refractivity contribution in [2.45, 2.75) is 19.4 Å². The van der Waals surface area contributed by atoms with Gasteiger partial charge in [0, 0.05) is 22.4 Å². The van der Waals surface area contributed by atoms with Crippen LogP contribution in [0.3, 0.4) is 0 Å². The highest BCUT2D eigenvalue weighted by Crippen LogP contribution is 2.30. The second-order valence-corrected chi connectivity index (χ2v) is 5.88. The minimum atomic E-state index is -0.162. The van der Waals surface area contributed by atoms with Gasteiger partial charge in [0.2, 0.25) is 0 Å². The zero-order valence-corrected chi connectivity index (χ0v) is 12.2. The third-order valence-electron chi connectivity index (χ3n) is 3.43. The fraction of sp³-hybridized carbons (Fsp3) is 0.250. The van der Waals surface area contributed by atoms with Crippen molar-refractivity contribution in [2.24, 2.45) is 0 Å². The molecule has 0 unspecified atom stereocenters. The molecule has 4 nitrogen and oxygen atoms in total. The molecule has 1 heterocycles. The molecule has 0 spiro atoms. The number of hydrogen-bond donors (Lipinski definition) is 1. The van der Waals surface area contributed by atoms with Crippen LogP contribution in [-0.2, 0) is 17.8 Å². The highest BCUT2D eigenvalue weighted by Gasteiger charge is 2.22. The average Bonchev–Trinajstić information content (AvgIpc) is 3.13. The van der Waals surface area contributed by atoms with Crippen molar-refractivity contribution >= 4 is 23.0 Å². The number of rotatable bonds is 5. The van der Waals surface area contributed by atoms with Crippen LogP contribution >= 0.6 is 11.3 Å². The Kier molecular flexibility index (Phi) is 4.01. The molecule has 1 aliphatic carbocycles. The molecule has 0 radical (unpaired) electrons. The average molecular weight is 301 g/mol. The van der Waals surface area contributed by atoms with Crippen molar-refractivity contribution in [3.8, 4) is 5.75 Å². The minimum Gasteiger partial charge on any atom is -0.483 e. The molecule has 1 aliphatic rings. The first-order chi connectivity index (χ1) is 10.2. The predicted molar refractivity (Wildman–Crippen MR) is 80.8 cm³/mol. The summed E-state index contributed by atoms with van der Waals surface area (Å²) in [5.41, 5.74) is 1.65. The van der Waals surface area contributed by atoms with E-state index in [1.165, 1.54) is 0 Å². The Morgan fingerprint density at radius 3 is 2.95 bits per heavy atom. The molecule has 1 amide bonds. The third kappa shape index (κ3) is 3.13. The Morgan fingerprint density at radius 1 is 1.24 bits per heavy atom. The number of ketones is 1. The number of carbonyl (C=O) groups excluding carboxylic acids is 2. The molecule has 0 aliphatic heterocycles. The Bertz CT molecular complexity index is 664. The van der Waals surface area contributed by atoms with Crippen molar-refractivity contribution in [1.82, 2.24) is 5.32 Å². The van der Waals surface area contributed by atoms with Gasteiger partial charge in [-0.3, -0.25) is 9.59 Å². The van der Waals surface area contributed by atoms with E-state index in [4.69, 9.17) is 4.74 Å². The lowest BCUT2D eigenvalue weighted by molar-refractivity contribution is -0.123.